The van der Waals surface area contributed by atoms with E-state index in [9.17, 15) is 14.7 Å². The number of benzene rings is 2. The zero-order valence-electron chi connectivity index (χ0n) is 11.1. The second-order valence-corrected chi connectivity index (χ2v) is 5.48. The third kappa shape index (κ3) is 4.43. The molecule has 21 heavy (non-hydrogen) atoms. The zero-order valence-corrected chi connectivity index (χ0v) is 12.7. The summed E-state index contributed by atoms with van der Waals surface area (Å²) < 4.78 is 0.846. The summed E-state index contributed by atoms with van der Waals surface area (Å²) in [6.07, 6.45) is -0.105. The maximum atomic E-state index is 12.0. The summed E-state index contributed by atoms with van der Waals surface area (Å²) in [7, 11) is 0. The quantitative estimate of drug-likeness (QED) is 0.867. The molecule has 0 saturated carbocycles. The van der Waals surface area contributed by atoms with Crippen LogP contribution in [0.1, 0.15) is 17.9 Å². The summed E-state index contributed by atoms with van der Waals surface area (Å²) in [5, 5.41) is 12.0. The largest absolute Gasteiger partial charge is 0.481 e. The van der Waals surface area contributed by atoms with Gasteiger partial charge in [0.25, 0.3) is 0 Å². The first-order valence-corrected chi connectivity index (χ1v) is 7.19. The molecule has 0 fully saturated rings. The first-order chi connectivity index (χ1) is 10.1. The number of carboxylic acid groups (broad SMARTS) is 1. The Hall–Kier alpha value is -2.14. The summed E-state index contributed by atoms with van der Waals surface area (Å²) in [4.78, 5) is 23.4. The number of hydrogen-bond donors (Lipinski definition) is 2. The predicted molar refractivity (Wildman–Crippen MR) is 84.2 cm³/mol. The zero-order chi connectivity index (χ0) is 15.2. The van der Waals surface area contributed by atoms with Crippen LogP contribution in [0.5, 0.6) is 0 Å². The molecule has 108 valence electrons. The van der Waals surface area contributed by atoms with Crippen LogP contribution >= 0.6 is 15.9 Å². The van der Waals surface area contributed by atoms with Gasteiger partial charge in [-0.1, -0.05) is 52.3 Å². The van der Waals surface area contributed by atoms with Gasteiger partial charge in [0.1, 0.15) is 0 Å². The van der Waals surface area contributed by atoms with Crippen LogP contribution in [0.15, 0.2) is 59.1 Å². The number of carboxylic acids is 1. The lowest BCUT2D eigenvalue weighted by Crippen LogP contribution is -2.20. The van der Waals surface area contributed by atoms with Gasteiger partial charge in [-0.05, 0) is 23.8 Å². The van der Waals surface area contributed by atoms with E-state index in [0.29, 0.717) is 11.3 Å². The molecule has 0 aliphatic carbocycles. The van der Waals surface area contributed by atoms with Crippen molar-refractivity contribution in [3.63, 3.8) is 0 Å². The molecule has 0 aliphatic rings. The summed E-state index contributed by atoms with van der Waals surface area (Å²) >= 11 is 3.32. The molecule has 2 rings (SSSR count). The number of rotatable bonds is 5. The van der Waals surface area contributed by atoms with E-state index in [1.165, 1.54) is 0 Å². The molecular weight excluding hydrogens is 334 g/mol. The fourth-order valence-electron chi connectivity index (χ4n) is 2.00. The maximum absolute atomic E-state index is 12.0. The Morgan fingerprint density at radius 3 is 2.43 bits per heavy atom. The number of halogens is 1. The Kier molecular flexibility index (Phi) is 5.11. The Balaban J connectivity index is 2.07. The molecule has 0 heterocycles. The summed E-state index contributed by atoms with van der Waals surface area (Å²) in [6.45, 7) is 0. The van der Waals surface area contributed by atoms with E-state index in [1.807, 2.05) is 12.1 Å². The van der Waals surface area contributed by atoms with Gasteiger partial charge in [-0.25, -0.2) is 0 Å². The molecule has 0 bridgehead atoms. The van der Waals surface area contributed by atoms with Gasteiger partial charge in [0, 0.05) is 16.6 Å². The van der Waals surface area contributed by atoms with E-state index >= 15 is 0 Å². The van der Waals surface area contributed by atoms with Gasteiger partial charge in [0.2, 0.25) is 5.91 Å². The molecule has 0 saturated heterocycles. The van der Waals surface area contributed by atoms with Gasteiger partial charge < -0.3 is 10.4 Å². The van der Waals surface area contributed by atoms with E-state index in [2.05, 4.69) is 21.2 Å². The number of anilines is 1. The fraction of sp³-hybridized carbons (Fsp3) is 0.125. The van der Waals surface area contributed by atoms with Crippen molar-refractivity contribution in [2.24, 2.45) is 0 Å². The minimum absolute atomic E-state index is 0.105. The van der Waals surface area contributed by atoms with E-state index in [-0.39, 0.29) is 12.3 Å². The Bertz CT molecular complexity index is 643. The highest BCUT2D eigenvalue weighted by atomic mass is 79.9. The third-order valence-electron chi connectivity index (χ3n) is 3.00. The standard InChI is InChI=1S/C16H14BrNO3/c17-12-7-4-8-13(9-12)18-15(19)10-14(16(20)21)11-5-2-1-3-6-11/h1-9,14H,10H2,(H,18,19)(H,20,21)/t14-/m1/s1. The van der Waals surface area contributed by atoms with Crippen LogP contribution in [0, 0.1) is 0 Å². The van der Waals surface area contributed by atoms with Gasteiger partial charge in [-0.15, -0.1) is 0 Å². The highest BCUT2D eigenvalue weighted by Gasteiger charge is 2.23. The lowest BCUT2D eigenvalue weighted by molar-refractivity contribution is -0.140. The topological polar surface area (TPSA) is 66.4 Å². The molecule has 2 aromatic rings. The van der Waals surface area contributed by atoms with Crippen LogP contribution in [0.25, 0.3) is 0 Å². The second-order valence-electron chi connectivity index (χ2n) is 4.56. The lowest BCUT2D eigenvalue weighted by Gasteiger charge is -2.13. The van der Waals surface area contributed by atoms with E-state index < -0.39 is 11.9 Å². The summed E-state index contributed by atoms with van der Waals surface area (Å²) in [6, 6.07) is 15.9. The normalized spacial score (nSPS) is 11.7. The molecule has 0 radical (unpaired) electrons. The van der Waals surface area contributed by atoms with Crippen LogP contribution in [-0.2, 0) is 9.59 Å². The molecule has 4 nitrogen and oxygen atoms in total. The van der Waals surface area contributed by atoms with Crippen molar-refractivity contribution in [2.45, 2.75) is 12.3 Å². The average Bonchev–Trinajstić information content (AvgIpc) is 2.45. The highest BCUT2D eigenvalue weighted by molar-refractivity contribution is 9.10. The van der Waals surface area contributed by atoms with Crippen LogP contribution in [0.2, 0.25) is 0 Å². The third-order valence-corrected chi connectivity index (χ3v) is 3.49. The van der Waals surface area contributed by atoms with Gasteiger partial charge >= 0.3 is 5.97 Å². The number of hydrogen-bond acceptors (Lipinski definition) is 2. The van der Waals surface area contributed by atoms with Gasteiger partial charge in [-0.2, -0.15) is 0 Å². The molecule has 0 aromatic heterocycles. The number of nitrogens with one attached hydrogen (secondary N) is 1. The van der Waals surface area contributed by atoms with Crippen LogP contribution in [0.3, 0.4) is 0 Å². The number of carbonyl (C=O) groups excluding carboxylic acids is 1. The molecule has 1 atom stereocenters. The Morgan fingerprint density at radius 2 is 1.81 bits per heavy atom. The minimum Gasteiger partial charge on any atom is -0.481 e. The molecule has 0 aliphatic heterocycles. The van der Waals surface area contributed by atoms with Crippen LogP contribution in [-0.4, -0.2) is 17.0 Å². The lowest BCUT2D eigenvalue weighted by atomic mass is 9.95. The van der Waals surface area contributed by atoms with E-state index in [1.54, 1.807) is 42.5 Å². The molecule has 2 N–H and O–H groups in total. The van der Waals surface area contributed by atoms with Gasteiger partial charge in [0.05, 0.1) is 5.92 Å². The molecule has 1 amide bonds. The van der Waals surface area contributed by atoms with Gasteiger partial charge in [-0.3, -0.25) is 9.59 Å². The Morgan fingerprint density at radius 1 is 1.10 bits per heavy atom. The molecule has 0 unspecified atom stereocenters. The highest BCUT2D eigenvalue weighted by Crippen LogP contribution is 2.21. The maximum Gasteiger partial charge on any atom is 0.311 e. The SMILES string of the molecule is O=C(C[C@@H](C(=O)O)c1ccccc1)Nc1cccc(Br)c1. The van der Waals surface area contributed by atoms with E-state index in [4.69, 9.17) is 0 Å². The second kappa shape index (κ2) is 7.04. The molecule has 2 aromatic carbocycles. The Labute approximate surface area is 130 Å². The first-order valence-electron chi connectivity index (χ1n) is 6.39. The monoisotopic (exact) mass is 347 g/mol. The van der Waals surface area contributed by atoms with Crippen molar-refractivity contribution in [3.05, 3.63) is 64.6 Å². The van der Waals surface area contributed by atoms with Gasteiger partial charge in [0.15, 0.2) is 0 Å². The van der Waals surface area contributed by atoms with E-state index in [0.717, 1.165) is 4.47 Å². The van der Waals surface area contributed by atoms with Crippen molar-refractivity contribution in [1.29, 1.82) is 0 Å². The summed E-state index contributed by atoms with van der Waals surface area (Å²) in [5.74, 6) is -2.19. The van der Waals surface area contributed by atoms with Crippen molar-refractivity contribution in [2.75, 3.05) is 5.32 Å². The van der Waals surface area contributed by atoms with Crippen molar-refractivity contribution < 1.29 is 14.7 Å². The number of amides is 1. The predicted octanol–water partition coefficient (Wildman–Crippen LogP) is 3.65. The van der Waals surface area contributed by atoms with Crippen LogP contribution in [0.4, 0.5) is 5.69 Å². The smallest absolute Gasteiger partial charge is 0.311 e. The number of carbonyl (C=O) groups is 2. The molecule has 5 heteroatoms. The molecular formula is C16H14BrNO3. The van der Waals surface area contributed by atoms with Crippen molar-refractivity contribution in [3.8, 4) is 0 Å². The summed E-state index contributed by atoms with van der Waals surface area (Å²) in [5.41, 5.74) is 1.25. The number of aliphatic carboxylic acids is 1. The minimum atomic E-state index is -1.01. The fourth-order valence-corrected chi connectivity index (χ4v) is 2.40. The first kappa shape index (κ1) is 15.3. The average molecular weight is 348 g/mol. The van der Waals surface area contributed by atoms with Crippen LogP contribution < -0.4 is 5.32 Å². The molecule has 0 spiro atoms. The van der Waals surface area contributed by atoms with Crippen molar-refractivity contribution in [1.82, 2.24) is 0 Å². The van der Waals surface area contributed by atoms with Crippen molar-refractivity contribution >= 4 is 33.5 Å².